The van der Waals surface area contributed by atoms with Gasteiger partial charge in [0.2, 0.25) is 0 Å². The molecule has 0 spiro atoms. The van der Waals surface area contributed by atoms with Crippen LogP contribution in [0.3, 0.4) is 0 Å². The van der Waals surface area contributed by atoms with Crippen molar-refractivity contribution in [1.82, 2.24) is 14.8 Å². The van der Waals surface area contributed by atoms with Gasteiger partial charge in [0, 0.05) is 11.6 Å². The van der Waals surface area contributed by atoms with Crippen LogP contribution in [0.2, 0.25) is 0 Å². The van der Waals surface area contributed by atoms with Crippen molar-refractivity contribution in [3.63, 3.8) is 0 Å². The van der Waals surface area contributed by atoms with Crippen LogP contribution in [-0.4, -0.2) is 26.3 Å². The van der Waals surface area contributed by atoms with Crippen LogP contribution in [0.25, 0.3) is 11.4 Å². The third-order valence-electron chi connectivity index (χ3n) is 4.71. The van der Waals surface area contributed by atoms with Crippen molar-refractivity contribution in [1.29, 1.82) is 0 Å². The van der Waals surface area contributed by atoms with E-state index in [0.717, 1.165) is 19.3 Å². The van der Waals surface area contributed by atoms with Crippen LogP contribution < -0.4 is 0 Å². The zero-order valence-corrected chi connectivity index (χ0v) is 15.9. The predicted octanol–water partition coefficient (Wildman–Crippen LogP) is 4.96. The summed E-state index contributed by atoms with van der Waals surface area (Å²) < 4.78 is 16.2. The lowest BCUT2D eigenvalue weighted by Crippen LogP contribution is -2.05. The second-order valence-corrected chi connectivity index (χ2v) is 7.59. The maximum absolute atomic E-state index is 14.2. The van der Waals surface area contributed by atoms with Crippen molar-refractivity contribution in [2.45, 2.75) is 37.4 Å². The fraction of sp³-hybridized carbons (Fsp3) is 0.286. The smallest absolute Gasteiger partial charge is 0.192 e. The van der Waals surface area contributed by atoms with Gasteiger partial charge in [0.05, 0.1) is 11.3 Å². The molecule has 1 aliphatic carbocycles. The summed E-state index contributed by atoms with van der Waals surface area (Å²) in [6.45, 7) is 2.09. The topological polar surface area (TPSA) is 47.8 Å². The maximum Gasteiger partial charge on any atom is 0.192 e. The third-order valence-corrected chi connectivity index (χ3v) is 5.65. The number of Topliss-reactive ketones (excluding diaryl/α,β-unsaturated/α-hetero) is 1. The van der Waals surface area contributed by atoms with E-state index < -0.39 is 0 Å². The molecule has 1 fully saturated rings. The Kier molecular flexibility index (Phi) is 5.07. The molecule has 2 aromatic carbocycles. The van der Waals surface area contributed by atoms with Crippen molar-refractivity contribution in [2.75, 3.05) is 5.75 Å². The number of ketones is 1. The number of nitrogens with zero attached hydrogens (tertiary/aromatic N) is 3. The van der Waals surface area contributed by atoms with Gasteiger partial charge >= 0.3 is 0 Å². The Balaban J connectivity index is 1.54. The Bertz CT molecular complexity index is 964. The van der Waals surface area contributed by atoms with E-state index in [4.69, 9.17) is 0 Å². The minimum absolute atomic E-state index is 0.0560. The highest BCUT2D eigenvalue weighted by Gasteiger charge is 2.31. The Morgan fingerprint density at radius 1 is 1.15 bits per heavy atom. The molecule has 0 saturated heterocycles. The van der Waals surface area contributed by atoms with Crippen LogP contribution in [0.4, 0.5) is 4.39 Å². The zero-order chi connectivity index (χ0) is 18.8. The number of hydrogen-bond acceptors (Lipinski definition) is 4. The summed E-state index contributed by atoms with van der Waals surface area (Å²) in [7, 11) is 0. The molecule has 1 aromatic heterocycles. The molecule has 4 nitrogen and oxygen atoms in total. The second kappa shape index (κ2) is 7.64. The quantitative estimate of drug-likeness (QED) is 0.429. The van der Waals surface area contributed by atoms with E-state index in [9.17, 15) is 9.18 Å². The SMILES string of the molecule is CCc1ccc(C(=O)CSc2nnc(-c3ccccc3F)n2C2CC2)cc1. The number of carbonyl (C=O) groups is 1. The molecule has 3 aromatic rings. The average molecular weight is 381 g/mol. The lowest BCUT2D eigenvalue weighted by molar-refractivity contribution is 0.102. The lowest BCUT2D eigenvalue weighted by Gasteiger charge is -2.09. The highest BCUT2D eigenvalue weighted by Crippen LogP contribution is 2.41. The molecule has 138 valence electrons. The first-order valence-corrected chi connectivity index (χ1v) is 10.1. The number of rotatable bonds is 7. The minimum atomic E-state index is -0.310. The summed E-state index contributed by atoms with van der Waals surface area (Å²) >= 11 is 1.37. The molecule has 0 bridgehead atoms. The summed E-state index contributed by atoms with van der Waals surface area (Å²) in [6.07, 6.45) is 3.01. The normalized spacial score (nSPS) is 13.7. The summed E-state index contributed by atoms with van der Waals surface area (Å²) in [5.41, 5.74) is 2.36. The zero-order valence-electron chi connectivity index (χ0n) is 15.1. The molecule has 6 heteroatoms. The van der Waals surface area contributed by atoms with Crippen LogP contribution in [0.15, 0.2) is 53.7 Å². The van der Waals surface area contributed by atoms with E-state index in [2.05, 4.69) is 17.1 Å². The molecular formula is C21H20FN3OS. The number of carbonyl (C=O) groups excluding carboxylic acids is 1. The van der Waals surface area contributed by atoms with Crippen molar-refractivity contribution in [3.8, 4) is 11.4 Å². The van der Waals surface area contributed by atoms with Gasteiger partial charge in [-0.1, -0.05) is 55.1 Å². The third kappa shape index (κ3) is 3.81. The molecule has 0 atom stereocenters. The van der Waals surface area contributed by atoms with Gasteiger partial charge in [0.25, 0.3) is 0 Å². The van der Waals surface area contributed by atoms with Gasteiger partial charge < -0.3 is 0 Å². The lowest BCUT2D eigenvalue weighted by atomic mass is 10.1. The molecule has 0 N–H and O–H groups in total. The summed E-state index contributed by atoms with van der Waals surface area (Å²) in [6, 6.07) is 14.6. The largest absolute Gasteiger partial charge is 0.299 e. The first kappa shape index (κ1) is 17.9. The highest BCUT2D eigenvalue weighted by molar-refractivity contribution is 7.99. The number of halogens is 1. The van der Waals surface area contributed by atoms with E-state index in [1.165, 1.54) is 23.4 Å². The van der Waals surface area contributed by atoms with E-state index in [-0.39, 0.29) is 23.4 Å². The minimum Gasteiger partial charge on any atom is -0.299 e. The molecule has 0 radical (unpaired) electrons. The number of aryl methyl sites for hydroxylation is 1. The van der Waals surface area contributed by atoms with Gasteiger partial charge in [-0.3, -0.25) is 9.36 Å². The summed E-state index contributed by atoms with van der Waals surface area (Å²) in [4.78, 5) is 12.5. The summed E-state index contributed by atoms with van der Waals surface area (Å²) in [5, 5.41) is 9.14. The van der Waals surface area contributed by atoms with Crippen molar-refractivity contribution < 1.29 is 9.18 Å². The molecule has 1 saturated carbocycles. The van der Waals surface area contributed by atoms with Gasteiger partial charge in [-0.05, 0) is 37.0 Å². The molecule has 4 rings (SSSR count). The molecular weight excluding hydrogens is 361 g/mol. The molecule has 0 aliphatic heterocycles. The van der Waals surface area contributed by atoms with Gasteiger partial charge in [-0.25, -0.2) is 4.39 Å². The second-order valence-electron chi connectivity index (χ2n) is 6.65. The first-order valence-electron chi connectivity index (χ1n) is 9.12. The number of hydrogen-bond donors (Lipinski definition) is 0. The Morgan fingerprint density at radius 3 is 2.56 bits per heavy atom. The van der Waals surface area contributed by atoms with E-state index in [0.29, 0.717) is 22.1 Å². The van der Waals surface area contributed by atoms with E-state index in [1.54, 1.807) is 18.2 Å². The molecule has 1 aliphatic rings. The fourth-order valence-corrected chi connectivity index (χ4v) is 3.90. The Labute approximate surface area is 161 Å². The standard InChI is InChI=1S/C21H20FN3OS/c1-2-14-7-9-15(10-8-14)19(26)13-27-21-24-23-20(25(21)16-11-12-16)17-5-3-4-6-18(17)22/h3-10,16H,2,11-13H2,1H3. The van der Waals surface area contributed by atoms with Crippen LogP contribution in [0, 0.1) is 5.82 Å². The van der Waals surface area contributed by atoms with Gasteiger partial charge in [-0.2, -0.15) is 0 Å². The molecule has 27 heavy (non-hydrogen) atoms. The van der Waals surface area contributed by atoms with Crippen molar-refractivity contribution in [3.05, 3.63) is 65.5 Å². The van der Waals surface area contributed by atoms with Crippen LogP contribution >= 0.6 is 11.8 Å². The first-order chi connectivity index (χ1) is 13.2. The molecule has 0 amide bonds. The maximum atomic E-state index is 14.2. The van der Waals surface area contributed by atoms with Gasteiger partial charge in [0.1, 0.15) is 5.82 Å². The number of thioether (sulfide) groups is 1. The van der Waals surface area contributed by atoms with E-state index in [1.807, 2.05) is 28.8 Å². The molecule has 1 heterocycles. The molecule has 0 unspecified atom stereocenters. The highest BCUT2D eigenvalue weighted by atomic mass is 32.2. The Hall–Kier alpha value is -2.47. The van der Waals surface area contributed by atoms with Crippen molar-refractivity contribution in [2.24, 2.45) is 0 Å². The number of benzene rings is 2. The average Bonchev–Trinajstić information content (AvgIpc) is 3.46. The monoisotopic (exact) mass is 381 g/mol. The Morgan fingerprint density at radius 2 is 1.89 bits per heavy atom. The van der Waals surface area contributed by atoms with Crippen LogP contribution in [-0.2, 0) is 6.42 Å². The van der Waals surface area contributed by atoms with Gasteiger partial charge in [-0.15, -0.1) is 10.2 Å². The van der Waals surface area contributed by atoms with Crippen molar-refractivity contribution >= 4 is 17.5 Å². The summed E-state index contributed by atoms with van der Waals surface area (Å²) in [5.74, 6) is 0.571. The van der Waals surface area contributed by atoms with E-state index >= 15 is 0 Å². The number of aromatic nitrogens is 3. The fourth-order valence-electron chi connectivity index (χ4n) is 3.00. The predicted molar refractivity (Wildman–Crippen MR) is 105 cm³/mol. The van der Waals surface area contributed by atoms with Gasteiger partial charge in [0.15, 0.2) is 16.8 Å². The van der Waals surface area contributed by atoms with Crippen LogP contribution in [0.1, 0.15) is 41.7 Å². The van der Waals surface area contributed by atoms with Crippen LogP contribution in [0.5, 0.6) is 0 Å².